The van der Waals surface area contributed by atoms with Gasteiger partial charge in [-0.15, -0.1) is 0 Å². The first-order chi connectivity index (χ1) is 16.1. The number of carbonyl (C=O) groups is 1. The summed E-state index contributed by atoms with van der Waals surface area (Å²) in [4.78, 5) is 30.2. The predicted molar refractivity (Wildman–Crippen MR) is 130 cm³/mol. The minimum Gasteiger partial charge on any atom is -0.378 e. The summed E-state index contributed by atoms with van der Waals surface area (Å²) in [7, 11) is 1.51. The molecule has 0 unspecified atom stereocenters. The molecular formula is C24H26FN7O2. The number of ether oxygens (including phenoxy) is 1. The number of morpholine rings is 1. The third-order valence-electron chi connectivity index (χ3n) is 5.49. The van der Waals surface area contributed by atoms with Crippen LogP contribution < -0.4 is 15.5 Å². The highest BCUT2D eigenvalue weighted by atomic mass is 19.1. The number of hydrogen-bond donors (Lipinski definition) is 3. The molecule has 0 saturated carbocycles. The van der Waals surface area contributed by atoms with E-state index in [0.717, 1.165) is 29.9 Å². The van der Waals surface area contributed by atoms with E-state index in [2.05, 4.69) is 41.5 Å². The molecule has 1 aliphatic rings. The maximum absolute atomic E-state index is 14.7. The molecule has 4 aromatic rings. The molecule has 5 rings (SSSR count). The molecular weight excluding hydrogens is 437 g/mol. The highest BCUT2D eigenvalue weighted by molar-refractivity contribution is 5.98. The second-order valence-corrected chi connectivity index (χ2v) is 7.57. The topological polar surface area (TPSA) is 108 Å². The molecule has 0 aliphatic carbocycles. The highest BCUT2D eigenvalue weighted by Gasteiger charge is 2.18. The second kappa shape index (κ2) is 9.84. The molecule has 0 spiro atoms. The monoisotopic (exact) mass is 463 g/mol. The summed E-state index contributed by atoms with van der Waals surface area (Å²) >= 11 is 0. The van der Waals surface area contributed by atoms with Crippen molar-refractivity contribution in [3.63, 3.8) is 0 Å². The quantitative estimate of drug-likeness (QED) is 0.421. The molecule has 1 aromatic carbocycles. The van der Waals surface area contributed by atoms with Crippen LogP contribution in [0.2, 0.25) is 0 Å². The van der Waals surface area contributed by atoms with E-state index in [4.69, 9.17) is 4.74 Å². The van der Waals surface area contributed by atoms with E-state index < -0.39 is 11.8 Å². The number of anilines is 2. The number of aromatic nitrogens is 4. The van der Waals surface area contributed by atoms with Crippen LogP contribution in [-0.2, 0) is 4.74 Å². The largest absolute Gasteiger partial charge is 0.378 e. The Kier molecular flexibility index (Phi) is 6.69. The number of H-pyrrole nitrogens is 1. The summed E-state index contributed by atoms with van der Waals surface area (Å²) < 4.78 is 20.2. The number of halogens is 1. The summed E-state index contributed by atoms with van der Waals surface area (Å²) in [6.45, 7) is 2.94. The van der Waals surface area contributed by atoms with Gasteiger partial charge in [0.05, 0.1) is 30.6 Å². The Labute approximate surface area is 196 Å². The maximum atomic E-state index is 14.7. The minimum absolute atomic E-state index is 0. The average molecular weight is 464 g/mol. The minimum atomic E-state index is -0.458. The van der Waals surface area contributed by atoms with Gasteiger partial charge >= 0.3 is 6.03 Å². The maximum Gasteiger partial charge on any atom is 0.321 e. The van der Waals surface area contributed by atoms with Crippen LogP contribution in [0.5, 0.6) is 0 Å². The van der Waals surface area contributed by atoms with Crippen molar-refractivity contribution in [2.75, 3.05) is 43.6 Å². The van der Waals surface area contributed by atoms with Gasteiger partial charge in [-0.25, -0.2) is 14.2 Å². The molecule has 9 nitrogen and oxygen atoms in total. The van der Waals surface area contributed by atoms with Gasteiger partial charge in [-0.2, -0.15) is 0 Å². The van der Waals surface area contributed by atoms with Crippen LogP contribution in [0.25, 0.3) is 33.4 Å². The second-order valence-electron chi connectivity index (χ2n) is 7.57. The number of nitrogens with one attached hydrogen (secondary N) is 3. The summed E-state index contributed by atoms with van der Waals surface area (Å²) in [5.74, 6) is -0.209. The Bertz CT molecular complexity index is 1320. The summed E-state index contributed by atoms with van der Waals surface area (Å²) in [5, 5.41) is 5.11. The van der Waals surface area contributed by atoms with Gasteiger partial charge < -0.3 is 19.9 Å². The van der Waals surface area contributed by atoms with Crippen molar-refractivity contribution in [1.29, 1.82) is 0 Å². The van der Waals surface area contributed by atoms with E-state index in [0.29, 0.717) is 29.8 Å². The number of hydrogen-bond acceptors (Lipinski definition) is 6. The molecule has 1 fully saturated rings. The van der Waals surface area contributed by atoms with Gasteiger partial charge in [0.1, 0.15) is 17.0 Å². The number of benzene rings is 1. The number of carbonyl (C=O) groups excluding carboxylic acids is 1. The third kappa shape index (κ3) is 4.53. The smallest absolute Gasteiger partial charge is 0.321 e. The van der Waals surface area contributed by atoms with Crippen molar-refractivity contribution >= 4 is 28.7 Å². The van der Waals surface area contributed by atoms with Crippen LogP contribution in [0.1, 0.15) is 7.43 Å². The van der Waals surface area contributed by atoms with Crippen LogP contribution in [0.15, 0.2) is 48.9 Å². The summed E-state index contributed by atoms with van der Waals surface area (Å²) in [5.41, 5.74) is 4.51. The fourth-order valence-electron chi connectivity index (χ4n) is 3.86. The predicted octanol–water partition coefficient (Wildman–Crippen LogP) is 4.05. The van der Waals surface area contributed by atoms with Crippen LogP contribution >= 0.6 is 0 Å². The first kappa shape index (κ1) is 23.1. The fourth-order valence-corrected chi connectivity index (χ4v) is 3.86. The Hall–Kier alpha value is -4.05. The zero-order valence-corrected chi connectivity index (χ0v) is 17.9. The molecule has 176 valence electrons. The van der Waals surface area contributed by atoms with Gasteiger partial charge in [-0.3, -0.25) is 15.3 Å². The van der Waals surface area contributed by atoms with Gasteiger partial charge in [-0.1, -0.05) is 7.43 Å². The summed E-state index contributed by atoms with van der Waals surface area (Å²) in [6.07, 6.45) is 5.13. The van der Waals surface area contributed by atoms with Gasteiger partial charge in [-0.05, 0) is 35.9 Å². The van der Waals surface area contributed by atoms with Crippen molar-refractivity contribution in [2.45, 2.75) is 7.43 Å². The number of imidazole rings is 1. The first-order valence-electron chi connectivity index (χ1n) is 10.5. The molecule has 34 heavy (non-hydrogen) atoms. The van der Waals surface area contributed by atoms with Crippen molar-refractivity contribution in [3.8, 4) is 22.4 Å². The van der Waals surface area contributed by atoms with Crippen LogP contribution in [0, 0.1) is 5.82 Å². The number of pyridine rings is 2. The van der Waals surface area contributed by atoms with E-state index in [1.807, 2.05) is 18.3 Å². The van der Waals surface area contributed by atoms with Gasteiger partial charge in [0, 0.05) is 43.7 Å². The molecule has 1 saturated heterocycles. The lowest BCUT2D eigenvalue weighted by Gasteiger charge is -2.28. The number of urea groups is 1. The van der Waals surface area contributed by atoms with Gasteiger partial charge in [0.25, 0.3) is 0 Å². The molecule has 2 amide bonds. The zero-order chi connectivity index (χ0) is 22.8. The van der Waals surface area contributed by atoms with Crippen LogP contribution in [0.4, 0.5) is 20.8 Å². The lowest BCUT2D eigenvalue weighted by atomic mass is 10.0. The average Bonchev–Trinajstić information content (AvgIpc) is 3.26. The van der Waals surface area contributed by atoms with Crippen LogP contribution in [-0.4, -0.2) is 59.3 Å². The number of amides is 2. The Balaban J connectivity index is 0.00000274. The molecule has 0 bridgehead atoms. The van der Waals surface area contributed by atoms with E-state index >= 15 is 0 Å². The number of rotatable bonds is 4. The van der Waals surface area contributed by atoms with E-state index in [1.54, 1.807) is 12.3 Å². The number of aromatic amines is 1. The zero-order valence-electron chi connectivity index (χ0n) is 17.9. The van der Waals surface area contributed by atoms with Crippen LogP contribution in [0.3, 0.4) is 0 Å². The molecule has 4 heterocycles. The Morgan fingerprint density at radius 2 is 2.00 bits per heavy atom. The number of nitrogens with zero attached hydrogens (tertiary/aromatic N) is 4. The lowest BCUT2D eigenvalue weighted by molar-refractivity contribution is 0.122. The molecule has 0 atom stereocenters. The lowest BCUT2D eigenvalue weighted by Crippen LogP contribution is -2.36. The SMILES string of the molecule is C.CNC(=O)Nc1nc2c(-c3ncccc3F)cc(-c3cncc(N4CCOCC4)c3)cc2[nH]1. The van der Waals surface area contributed by atoms with Crippen molar-refractivity contribution in [3.05, 3.63) is 54.7 Å². The Morgan fingerprint density at radius 1 is 1.18 bits per heavy atom. The summed E-state index contributed by atoms with van der Waals surface area (Å²) in [6, 6.07) is 8.29. The van der Waals surface area contributed by atoms with Crippen molar-refractivity contribution in [1.82, 2.24) is 25.3 Å². The molecule has 0 radical (unpaired) electrons. The van der Waals surface area contributed by atoms with Crippen molar-refractivity contribution < 1.29 is 13.9 Å². The van der Waals surface area contributed by atoms with E-state index in [1.165, 1.54) is 19.3 Å². The normalized spacial score (nSPS) is 13.4. The Morgan fingerprint density at radius 3 is 2.76 bits per heavy atom. The fraction of sp³-hybridized carbons (Fsp3) is 0.250. The van der Waals surface area contributed by atoms with Gasteiger partial charge in [0.15, 0.2) is 0 Å². The van der Waals surface area contributed by atoms with Gasteiger partial charge in [0.2, 0.25) is 5.95 Å². The number of fused-ring (bicyclic) bond motifs is 1. The standard InChI is InChI=1S/C23H22FN7O2.CH4/c1-25-23(32)30-22-28-19-11-14(10-17(21(19)29-22)20-18(24)3-2-4-27-20)15-9-16(13-26-12-15)31-5-7-33-8-6-31;/h2-4,9-13H,5-8H2,1H3,(H3,25,28,29,30,32);1H4. The molecule has 10 heteroatoms. The van der Waals surface area contributed by atoms with E-state index in [9.17, 15) is 9.18 Å². The van der Waals surface area contributed by atoms with E-state index in [-0.39, 0.29) is 19.1 Å². The van der Waals surface area contributed by atoms with Crippen molar-refractivity contribution in [2.24, 2.45) is 0 Å². The third-order valence-corrected chi connectivity index (χ3v) is 5.49. The molecule has 1 aliphatic heterocycles. The molecule has 3 aromatic heterocycles. The first-order valence-corrected chi connectivity index (χ1v) is 10.5. The molecule has 3 N–H and O–H groups in total. The highest BCUT2D eigenvalue weighted by Crippen LogP contribution is 2.34.